The Morgan fingerprint density at radius 2 is 1.79 bits per heavy atom. The van der Waals surface area contributed by atoms with Crippen molar-refractivity contribution < 1.29 is 18.0 Å². The van der Waals surface area contributed by atoms with Gasteiger partial charge in [-0.2, -0.15) is 28.5 Å². The van der Waals surface area contributed by atoms with Gasteiger partial charge in [-0.05, 0) is 24.3 Å². The van der Waals surface area contributed by atoms with Crippen LogP contribution in [0.5, 0.6) is 0 Å². The fourth-order valence-electron chi connectivity index (χ4n) is 3.51. The minimum absolute atomic E-state index is 0.00314. The number of halogens is 3. The number of nitrogens with zero attached hydrogens (tertiary/aromatic N) is 6. The highest BCUT2D eigenvalue weighted by molar-refractivity contribution is 6.05. The number of benzene rings is 1. The van der Waals surface area contributed by atoms with Gasteiger partial charge in [-0.15, -0.1) is 4.80 Å². The number of alkyl halides is 3. The van der Waals surface area contributed by atoms with Crippen LogP contribution >= 0.6 is 0 Å². The van der Waals surface area contributed by atoms with Gasteiger partial charge in [0.15, 0.2) is 5.69 Å². The number of rotatable bonds is 4. The highest BCUT2D eigenvalue weighted by Crippen LogP contribution is 2.35. The molecular weight excluding hydrogens is 453 g/mol. The summed E-state index contributed by atoms with van der Waals surface area (Å²) in [7, 11) is 0. The first-order chi connectivity index (χ1) is 16.3. The molecule has 0 bridgehead atoms. The Morgan fingerprint density at radius 3 is 2.56 bits per heavy atom. The molecule has 170 valence electrons. The van der Waals surface area contributed by atoms with Gasteiger partial charge in [-0.25, -0.2) is 4.68 Å². The van der Waals surface area contributed by atoms with Crippen molar-refractivity contribution in [3.8, 4) is 11.4 Å². The third-order valence-corrected chi connectivity index (χ3v) is 4.93. The maximum absolute atomic E-state index is 14.1. The van der Waals surface area contributed by atoms with Crippen LogP contribution in [0.3, 0.4) is 0 Å². The molecule has 0 radical (unpaired) electrons. The lowest BCUT2D eigenvalue weighted by Gasteiger charge is -2.14. The second-order valence-corrected chi connectivity index (χ2v) is 7.07. The van der Waals surface area contributed by atoms with Crippen LogP contribution in [0.25, 0.3) is 22.1 Å². The first kappa shape index (κ1) is 21.1. The molecule has 13 heteroatoms. The molecule has 0 aliphatic carbocycles. The van der Waals surface area contributed by atoms with Crippen molar-refractivity contribution in [2.75, 3.05) is 5.32 Å². The molecule has 2 N–H and O–H groups in total. The summed E-state index contributed by atoms with van der Waals surface area (Å²) in [5.41, 5.74) is -1.90. The second kappa shape index (κ2) is 7.95. The van der Waals surface area contributed by atoms with E-state index in [0.29, 0.717) is 10.4 Å². The number of hydrogen-bond donors (Lipinski definition) is 2. The van der Waals surface area contributed by atoms with Gasteiger partial charge >= 0.3 is 6.18 Å². The highest BCUT2D eigenvalue weighted by atomic mass is 19.4. The van der Waals surface area contributed by atoms with Gasteiger partial charge < -0.3 is 10.3 Å². The predicted octanol–water partition coefficient (Wildman–Crippen LogP) is 2.96. The van der Waals surface area contributed by atoms with E-state index in [9.17, 15) is 22.8 Å². The van der Waals surface area contributed by atoms with Gasteiger partial charge in [0.2, 0.25) is 0 Å². The van der Waals surface area contributed by atoms with Gasteiger partial charge in [0.1, 0.15) is 5.69 Å². The summed E-state index contributed by atoms with van der Waals surface area (Å²) in [6.45, 7) is 0. The molecule has 4 aromatic heterocycles. The molecule has 0 aliphatic rings. The fraction of sp³-hybridized carbons (Fsp3) is 0.0476. The van der Waals surface area contributed by atoms with Gasteiger partial charge in [0, 0.05) is 17.0 Å². The number of aromatic amines is 1. The van der Waals surface area contributed by atoms with E-state index in [1.54, 1.807) is 0 Å². The number of carbonyl (C=O) groups excluding carboxylic acids is 1. The van der Waals surface area contributed by atoms with Gasteiger partial charge in [0.25, 0.3) is 11.5 Å². The molecule has 1 amide bonds. The van der Waals surface area contributed by atoms with Crippen molar-refractivity contribution in [1.82, 2.24) is 34.7 Å². The predicted molar refractivity (Wildman–Crippen MR) is 114 cm³/mol. The van der Waals surface area contributed by atoms with Crippen LogP contribution in [0.1, 0.15) is 16.1 Å². The Morgan fingerprint density at radius 1 is 1.00 bits per heavy atom. The molecular formula is C21H13F3N8O2. The minimum Gasteiger partial charge on any atom is -0.329 e. The van der Waals surface area contributed by atoms with E-state index in [4.69, 9.17) is 0 Å². The molecule has 1 aromatic carbocycles. The minimum atomic E-state index is -4.92. The van der Waals surface area contributed by atoms with Crippen molar-refractivity contribution >= 4 is 22.4 Å². The average molecular weight is 466 g/mol. The normalized spacial score (nSPS) is 11.6. The molecule has 10 nitrogen and oxygen atoms in total. The Hall–Kier alpha value is -4.81. The summed E-state index contributed by atoms with van der Waals surface area (Å²) < 4.78 is 43.0. The van der Waals surface area contributed by atoms with Crippen molar-refractivity contribution in [1.29, 1.82) is 0 Å². The molecule has 0 saturated heterocycles. The molecule has 5 aromatic rings. The van der Waals surface area contributed by atoms with Crippen LogP contribution < -0.4 is 10.9 Å². The number of fused-ring (bicyclic) bond motifs is 1. The van der Waals surface area contributed by atoms with Gasteiger partial charge in [-0.1, -0.05) is 6.07 Å². The first-order valence-electron chi connectivity index (χ1n) is 9.72. The van der Waals surface area contributed by atoms with Crippen LogP contribution in [0.4, 0.5) is 18.9 Å². The number of hydrogen-bond acceptors (Lipinski definition) is 6. The van der Waals surface area contributed by atoms with Crippen molar-refractivity contribution in [2.45, 2.75) is 6.18 Å². The molecule has 0 spiro atoms. The van der Waals surface area contributed by atoms with Crippen LogP contribution in [0.2, 0.25) is 0 Å². The number of H-pyrrole nitrogens is 1. The number of anilines is 1. The third-order valence-electron chi connectivity index (χ3n) is 4.93. The van der Waals surface area contributed by atoms with E-state index >= 15 is 0 Å². The van der Waals surface area contributed by atoms with E-state index in [0.717, 1.165) is 6.20 Å². The molecule has 0 aliphatic heterocycles. The zero-order chi connectivity index (χ0) is 23.9. The Labute approximate surface area is 187 Å². The van der Waals surface area contributed by atoms with E-state index in [1.165, 1.54) is 66.1 Å². The molecule has 0 saturated carbocycles. The van der Waals surface area contributed by atoms with Crippen LogP contribution in [0, 0.1) is 0 Å². The van der Waals surface area contributed by atoms with E-state index < -0.39 is 28.9 Å². The van der Waals surface area contributed by atoms with Gasteiger partial charge in [0.05, 0.1) is 47.9 Å². The number of carbonyl (C=O) groups is 1. The summed E-state index contributed by atoms with van der Waals surface area (Å²) >= 11 is 0. The zero-order valence-corrected chi connectivity index (χ0v) is 17.0. The Bertz CT molecular complexity index is 1570. The maximum atomic E-state index is 14.1. The molecule has 34 heavy (non-hydrogen) atoms. The number of pyridine rings is 2. The number of nitrogens with one attached hydrogen (secondary N) is 2. The quantitative estimate of drug-likeness (QED) is 0.420. The van der Waals surface area contributed by atoms with Gasteiger partial charge in [-0.3, -0.25) is 14.6 Å². The molecule has 0 fully saturated rings. The Kier molecular flexibility index (Phi) is 4.93. The number of aromatic nitrogens is 7. The second-order valence-electron chi connectivity index (χ2n) is 7.07. The molecule has 4 heterocycles. The third kappa shape index (κ3) is 3.68. The first-order valence-corrected chi connectivity index (χ1v) is 9.72. The summed E-state index contributed by atoms with van der Waals surface area (Å²) in [5.74, 6) is -1.04. The van der Waals surface area contributed by atoms with Crippen LogP contribution in [0.15, 0.2) is 72.3 Å². The fourth-order valence-corrected chi connectivity index (χ4v) is 3.51. The smallest absolute Gasteiger partial charge is 0.329 e. The van der Waals surface area contributed by atoms with Crippen molar-refractivity contribution in [2.24, 2.45) is 0 Å². The van der Waals surface area contributed by atoms with Crippen LogP contribution in [-0.2, 0) is 6.18 Å². The van der Waals surface area contributed by atoms with Crippen molar-refractivity contribution in [3.63, 3.8) is 0 Å². The van der Waals surface area contributed by atoms with E-state index in [2.05, 4.69) is 30.6 Å². The number of amides is 1. The lowest BCUT2D eigenvalue weighted by molar-refractivity contribution is -0.143. The highest BCUT2D eigenvalue weighted by Gasteiger charge is 2.41. The summed E-state index contributed by atoms with van der Waals surface area (Å²) in [6, 6.07) is 7.23. The SMILES string of the molecule is O=C(Nc1cncc(-n2nccn2)c1)c1cnn(-c2cccc3c(=O)[nH]ccc23)c1C(F)(F)F. The zero-order valence-electron chi connectivity index (χ0n) is 17.0. The monoisotopic (exact) mass is 466 g/mol. The topological polar surface area (TPSA) is 123 Å². The summed E-state index contributed by atoms with van der Waals surface area (Å²) in [5, 5.41) is 14.6. The lowest BCUT2D eigenvalue weighted by atomic mass is 10.1. The largest absolute Gasteiger partial charge is 0.434 e. The molecule has 0 atom stereocenters. The average Bonchev–Trinajstić information content (AvgIpc) is 3.50. The summed E-state index contributed by atoms with van der Waals surface area (Å²) in [4.78, 5) is 32.6. The molecule has 5 rings (SSSR count). The maximum Gasteiger partial charge on any atom is 0.434 e. The standard InChI is InChI=1S/C21H13F3N8O2/c22-21(23,24)18-16(20(34)30-12-8-13(10-25-9-12)32-27-6-7-28-32)11-29-31(18)17-3-1-2-15-14(17)4-5-26-19(15)33/h1-11H,(H,26,33)(H,30,34). The van der Waals surface area contributed by atoms with E-state index in [-0.39, 0.29) is 22.1 Å². The van der Waals surface area contributed by atoms with E-state index in [1.807, 2.05) is 0 Å². The van der Waals surface area contributed by atoms with Crippen LogP contribution in [-0.4, -0.2) is 40.6 Å². The van der Waals surface area contributed by atoms with Crippen molar-refractivity contribution in [3.05, 3.63) is 89.1 Å². The Balaban J connectivity index is 1.57. The lowest BCUT2D eigenvalue weighted by Crippen LogP contribution is -2.21. The molecule has 0 unspecified atom stereocenters. The summed E-state index contributed by atoms with van der Waals surface area (Å²) in [6.07, 6.45) is 2.82.